The number of methoxy groups -OCH3 is 1. The summed E-state index contributed by atoms with van der Waals surface area (Å²) < 4.78 is 5.40. The first-order valence-corrected chi connectivity index (χ1v) is 6.20. The normalized spacial score (nSPS) is 25.0. The number of piperidine rings is 1. The molecule has 2 heterocycles. The van der Waals surface area contributed by atoms with E-state index in [4.69, 9.17) is 22.1 Å². The van der Waals surface area contributed by atoms with Gasteiger partial charge in [0.1, 0.15) is 0 Å². The van der Waals surface area contributed by atoms with Crippen LogP contribution in [0.2, 0.25) is 5.02 Å². The molecule has 1 aromatic rings. The van der Waals surface area contributed by atoms with E-state index < -0.39 is 0 Å². The van der Waals surface area contributed by atoms with Crippen LogP contribution in [0.4, 0.5) is 11.5 Å². The molecule has 5 heteroatoms. The van der Waals surface area contributed by atoms with Crippen LogP contribution in [-0.2, 0) is 4.74 Å². The lowest BCUT2D eigenvalue weighted by molar-refractivity contribution is 0.0720. The summed E-state index contributed by atoms with van der Waals surface area (Å²) in [6, 6.07) is 2.13. The van der Waals surface area contributed by atoms with E-state index in [0.29, 0.717) is 22.9 Å². The van der Waals surface area contributed by atoms with Crippen LogP contribution in [-0.4, -0.2) is 30.8 Å². The molecular weight excluding hydrogens is 238 g/mol. The molecule has 0 aromatic carbocycles. The van der Waals surface area contributed by atoms with Crippen molar-refractivity contribution in [3.05, 3.63) is 17.3 Å². The Hall–Kier alpha value is -1.00. The molecule has 0 spiro atoms. The minimum atomic E-state index is 0.342. The molecule has 0 bridgehead atoms. The Kier molecular flexibility index (Phi) is 3.74. The van der Waals surface area contributed by atoms with Crippen LogP contribution < -0.4 is 10.6 Å². The van der Waals surface area contributed by atoms with Crippen molar-refractivity contribution in [1.29, 1.82) is 0 Å². The van der Waals surface area contributed by atoms with Crippen LogP contribution in [0.3, 0.4) is 0 Å². The van der Waals surface area contributed by atoms with Crippen LogP contribution >= 0.6 is 11.6 Å². The van der Waals surface area contributed by atoms with Crippen LogP contribution in [0.15, 0.2) is 12.3 Å². The quantitative estimate of drug-likeness (QED) is 0.881. The molecule has 0 radical (unpaired) electrons. The summed E-state index contributed by atoms with van der Waals surface area (Å²) in [7, 11) is 1.77. The number of anilines is 2. The summed E-state index contributed by atoms with van der Waals surface area (Å²) in [4.78, 5) is 6.55. The molecule has 4 nitrogen and oxygen atoms in total. The Morgan fingerprint density at radius 3 is 2.94 bits per heavy atom. The Bertz CT molecular complexity index is 399. The van der Waals surface area contributed by atoms with Gasteiger partial charge in [-0.25, -0.2) is 4.98 Å². The van der Waals surface area contributed by atoms with Gasteiger partial charge in [0.05, 0.1) is 16.8 Å². The van der Waals surface area contributed by atoms with Crippen LogP contribution in [0.5, 0.6) is 0 Å². The van der Waals surface area contributed by atoms with Gasteiger partial charge < -0.3 is 15.4 Å². The largest absolute Gasteiger partial charge is 0.396 e. The number of rotatable bonds is 2. The fourth-order valence-electron chi connectivity index (χ4n) is 2.35. The van der Waals surface area contributed by atoms with Gasteiger partial charge in [0.15, 0.2) is 5.82 Å². The minimum Gasteiger partial charge on any atom is -0.396 e. The zero-order valence-electron chi connectivity index (χ0n) is 10.2. The van der Waals surface area contributed by atoms with Crippen LogP contribution in [0.1, 0.15) is 19.8 Å². The average molecular weight is 256 g/mol. The highest BCUT2D eigenvalue weighted by Crippen LogP contribution is 2.29. The predicted molar refractivity (Wildman–Crippen MR) is 70.5 cm³/mol. The van der Waals surface area contributed by atoms with E-state index in [0.717, 1.165) is 25.2 Å². The zero-order chi connectivity index (χ0) is 12.4. The zero-order valence-corrected chi connectivity index (χ0v) is 10.9. The van der Waals surface area contributed by atoms with Crippen molar-refractivity contribution in [3.63, 3.8) is 0 Å². The van der Waals surface area contributed by atoms with Gasteiger partial charge >= 0.3 is 0 Å². The van der Waals surface area contributed by atoms with Gasteiger partial charge in [-0.1, -0.05) is 11.6 Å². The van der Waals surface area contributed by atoms with Gasteiger partial charge in [-0.05, 0) is 25.8 Å². The Morgan fingerprint density at radius 2 is 2.35 bits per heavy atom. The number of hydrogen-bond donors (Lipinski definition) is 1. The summed E-state index contributed by atoms with van der Waals surface area (Å²) in [6.45, 7) is 3.08. The lowest BCUT2D eigenvalue weighted by Crippen LogP contribution is -2.44. The summed E-state index contributed by atoms with van der Waals surface area (Å²) in [6.07, 6.45) is 3.99. The number of hydrogen-bond acceptors (Lipinski definition) is 4. The van der Waals surface area contributed by atoms with Crippen molar-refractivity contribution in [3.8, 4) is 0 Å². The first-order chi connectivity index (χ1) is 8.11. The van der Waals surface area contributed by atoms with Gasteiger partial charge in [0.2, 0.25) is 0 Å². The van der Waals surface area contributed by atoms with Gasteiger partial charge in [-0.3, -0.25) is 0 Å². The maximum absolute atomic E-state index is 5.96. The Balaban J connectivity index is 2.17. The van der Waals surface area contributed by atoms with E-state index in [-0.39, 0.29) is 0 Å². The maximum Gasteiger partial charge on any atom is 0.152 e. The van der Waals surface area contributed by atoms with Crippen LogP contribution in [0.25, 0.3) is 0 Å². The van der Waals surface area contributed by atoms with Crippen LogP contribution in [0, 0.1) is 0 Å². The number of nitrogens with two attached hydrogens (primary N) is 1. The lowest BCUT2D eigenvalue weighted by Gasteiger charge is -2.38. The summed E-state index contributed by atoms with van der Waals surface area (Å²) in [5.74, 6) is 0.830. The van der Waals surface area contributed by atoms with E-state index >= 15 is 0 Å². The molecule has 0 aliphatic carbocycles. The third kappa shape index (κ3) is 2.64. The average Bonchev–Trinajstić information content (AvgIpc) is 2.30. The highest BCUT2D eigenvalue weighted by Gasteiger charge is 2.27. The molecule has 1 aliphatic heterocycles. The van der Waals surface area contributed by atoms with Crippen molar-refractivity contribution in [2.45, 2.75) is 31.9 Å². The van der Waals surface area contributed by atoms with Crippen molar-refractivity contribution < 1.29 is 4.74 Å². The highest BCUT2D eigenvalue weighted by atomic mass is 35.5. The minimum absolute atomic E-state index is 0.342. The molecule has 1 aliphatic rings. The second-order valence-corrected chi connectivity index (χ2v) is 4.93. The molecule has 1 saturated heterocycles. The monoisotopic (exact) mass is 255 g/mol. The summed E-state index contributed by atoms with van der Waals surface area (Å²) in [5, 5.41) is 0.575. The molecule has 2 unspecified atom stereocenters. The van der Waals surface area contributed by atoms with Crippen molar-refractivity contribution in [2.75, 3.05) is 24.3 Å². The standard InChI is InChI=1S/C12H18ClN3O/c1-8-5-10(17-2)3-4-16(8)12-11(14)6-9(13)7-15-12/h6-8,10H,3-5,14H2,1-2H3. The molecule has 0 amide bonds. The molecule has 94 valence electrons. The molecule has 2 N–H and O–H groups in total. The fourth-order valence-corrected chi connectivity index (χ4v) is 2.51. The smallest absolute Gasteiger partial charge is 0.152 e. The number of aromatic nitrogens is 1. The SMILES string of the molecule is COC1CCN(c2ncc(Cl)cc2N)C(C)C1. The second-order valence-electron chi connectivity index (χ2n) is 4.49. The fraction of sp³-hybridized carbons (Fsp3) is 0.583. The molecular formula is C12H18ClN3O. The molecule has 17 heavy (non-hydrogen) atoms. The van der Waals surface area contributed by atoms with Gasteiger partial charge in [0.25, 0.3) is 0 Å². The molecule has 1 aromatic heterocycles. The van der Waals surface area contributed by atoms with Crippen molar-refractivity contribution in [1.82, 2.24) is 4.98 Å². The van der Waals surface area contributed by atoms with E-state index in [1.165, 1.54) is 0 Å². The third-order valence-corrected chi connectivity index (χ3v) is 3.50. The first kappa shape index (κ1) is 12.5. The number of nitrogen functional groups attached to an aromatic ring is 1. The second kappa shape index (κ2) is 5.10. The van der Waals surface area contributed by atoms with Crippen molar-refractivity contribution in [2.24, 2.45) is 0 Å². The van der Waals surface area contributed by atoms with E-state index in [9.17, 15) is 0 Å². The maximum atomic E-state index is 5.96. The number of pyridine rings is 1. The number of ether oxygens (including phenoxy) is 1. The van der Waals surface area contributed by atoms with Gasteiger partial charge in [0, 0.05) is 25.9 Å². The van der Waals surface area contributed by atoms with E-state index in [1.807, 2.05) is 0 Å². The molecule has 2 rings (SSSR count). The van der Waals surface area contributed by atoms with E-state index in [2.05, 4.69) is 16.8 Å². The highest BCUT2D eigenvalue weighted by molar-refractivity contribution is 6.30. The van der Waals surface area contributed by atoms with Gasteiger partial charge in [-0.15, -0.1) is 0 Å². The third-order valence-electron chi connectivity index (χ3n) is 3.30. The predicted octanol–water partition coefficient (Wildman–Crippen LogP) is 2.32. The van der Waals surface area contributed by atoms with Crippen molar-refractivity contribution >= 4 is 23.1 Å². The molecule has 2 atom stereocenters. The topological polar surface area (TPSA) is 51.4 Å². The first-order valence-electron chi connectivity index (χ1n) is 5.82. The van der Waals surface area contributed by atoms with E-state index in [1.54, 1.807) is 19.4 Å². The Morgan fingerprint density at radius 1 is 1.59 bits per heavy atom. The Labute approximate surface area is 107 Å². The number of nitrogens with zero attached hydrogens (tertiary/aromatic N) is 2. The summed E-state index contributed by atoms with van der Waals surface area (Å²) >= 11 is 5.86. The lowest BCUT2D eigenvalue weighted by atomic mass is 10.0. The summed E-state index contributed by atoms with van der Waals surface area (Å²) in [5.41, 5.74) is 6.60. The molecule has 0 saturated carbocycles. The van der Waals surface area contributed by atoms with Gasteiger partial charge in [-0.2, -0.15) is 0 Å². The number of halogens is 1. The molecule has 1 fully saturated rings.